The Labute approximate surface area is 77.3 Å². The molecule has 0 aromatic rings. The molecule has 0 saturated heterocycles. The molecule has 0 fully saturated rings. The number of hydrogen-bond donors (Lipinski definition) is 4. The van der Waals surface area contributed by atoms with E-state index in [1.807, 2.05) is 13.8 Å². The molecule has 13 heavy (non-hydrogen) atoms. The van der Waals surface area contributed by atoms with Crippen molar-refractivity contribution in [2.75, 3.05) is 0 Å². The lowest BCUT2D eigenvalue weighted by Crippen LogP contribution is -2.31. The topological polar surface area (TPSA) is 121 Å². The first kappa shape index (κ1) is 14.9. The van der Waals surface area contributed by atoms with Crippen molar-refractivity contribution in [3.8, 4) is 0 Å². The van der Waals surface area contributed by atoms with Crippen LogP contribution < -0.4 is 5.73 Å². The smallest absolute Gasteiger partial charge is 0.480 e. The molecule has 0 bridgehead atoms. The maximum absolute atomic E-state index is 10.1. The lowest BCUT2D eigenvalue weighted by molar-refractivity contribution is -0.138. The number of aliphatic carboxylic acids is 1. The summed E-state index contributed by atoms with van der Waals surface area (Å²) in [5, 5.41) is 8.31. The predicted molar refractivity (Wildman–Crippen MR) is 47.1 cm³/mol. The molecule has 0 heterocycles. The standard InChI is InChI=1S/C6H13NO2.HO3P/c1-4(2)3-5(7)6(8)9;1-4(2)3/h4-5H,3,7H2,1-2H3,(H,8,9);(H-,1,2,3)/p+1. The van der Waals surface area contributed by atoms with E-state index in [-0.39, 0.29) is 0 Å². The first-order valence-corrected chi connectivity index (χ1v) is 4.77. The van der Waals surface area contributed by atoms with E-state index in [2.05, 4.69) is 0 Å². The van der Waals surface area contributed by atoms with Crippen LogP contribution in [0.25, 0.3) is 0 Å². The maximum Gasteiger partial charge on any atom is 0.692 e. The van der Waals surface area contributed by atoms with Crippen molar-refractivity contribution in [1.82, 2.24) is 0 Å². The summed E-state index contributed by atoms with van der Waals surface area (Å²) >= 11 is 0. The molecule has 5 N–H and O–H groups in total. The number of carboxylic acid groups (broad SMARTS) is 1. The largest absolute Gasteiger partial charge is 0.692 e. The number of carboxylic acids is 1. The van der Waals surface area contributed by atoms with Gasteiger partial charge in [-0.15, -0.1) is 9.79 Å². The number of carbonyl (C=O) groups is 1. The fourth-order valence-corrected chi connectivity index (χ4v) is 0.609. The zero-order valence-corrected chi connectivity index (χ0v) is 8.44. The Bertz CT molecular complexity index is 168. The van der Waals surface area contributed by atoms with Crippen molar-refractivity contribution in [1.29, 1.82) is 0 Å². The van der Waals surface area contributed by atoms with E-state index < -0.39 is 20.3 Å². The van der Waals surface area contributed by atoms with Crippen LogP contribution in [0.5, 0.6) is 0 Å². The van der Waals surface area contributed by atoms with Gasteiger partial charge in [0.1, 0.15) is 6.04 Å². The Morgan fingerprint density at radius 3 is 1.85 bits per heavy atom. The summed E-state index contributed by atoms with van der Waals surface area (Å²) in [4.78, 5) is 24.4. The zero-order valence-electron chi connectivity index (χ0n) is 7.54. The van der Waals surface area contributed by atoms with Crippen molar-refractivity contribution < 1.29 is 24.3 Å². The van der Waals surface area contributed by atoms with Crippen molar-refractivity contribution in [2.45, 2.75) is 26.3 Å². The molecule has 0 saturated carbocycles. The Kier molecular flexibility index (Phi) is 9.27. The minimum Gasteiger partial charge on any atom is -0.480 e. The van der Waals surface area contributed by atoms with Crippen LogP contribution in [0.1, 0.15) is 20.3 Å². The summed E-state index contributed by atoms with van der Waals surface area (Å²) in [6, 6.07) is -0.690. The van der Waals surface area contributed by atoms with Crippen LogP contribution in [0.3, 0.4) is 0 Å². The average Bonchev–Trinajstić information content (AvgIpc) is 1.83. The predicted octanol–water partition coefficient (Wildman–Crippen LogP) is 0.0728. The van der Waals surface area contributed by atoms with Crippen LogP contribution in [0.15, 0.2) is 0 Å². The highest BCUT2D eigenvalue weighted by Gasteiger charge is 2.11. The first-order chi connectivity index (χ1) is 5.77. The molecule has 0 aliphatic heterocycles. The quantitative estimate of drug-likeness (QED) is 0.491. The fourth-order valence-electron chi connectivity index (χ4n) is 0.609. The summed E-state index contributed by atoms with van der Waals surface area (Å²) < 4.78 is 8.70. The monoisotopic (exact) mass is 212 g/mol. The zero-order chi connectivity index (χ0) is 11.0. The van der Waals surface area contributed by atoms with Crippen LogP contribution in [0, 0.1) is 5.92 Å². The Hall–Kier alpha value is -0.550. The van der Waals surface area contributed by atoms with E-state index in [9.17, 15) is 4.79 Å². The number of nitrogens with two attached hydrogens (primary N) is 1. The van der Waals surface area contributed by atoms with Crippen LogP contribution in [0.2, 0.25) is 0 Å². The van der Waals surface area contributed by atoms with E-state index in [0.717, 1.165) is 0 Å². The van der Waals surface area contributed by atoms with Gasteiger partial charge >= 0.3 is 14.2 Å². The second-order valence-corrected chi connectivity index (χ2v) is 3.33. The summed E-state index contributed by atoms with van der Waals surface area (Å²) in [5.74, 6) is -0.556. The van der Waals surface area contributed by atoms with Crippen LogP contribution in [-0.4, -0.2) is 26.9 Å². The van der Waals surface area contributed by atoms with Crippen LogP contribution >= 0.6 is 8.25 Å². The third kappa shape index (κ3) is 18.4. The minimum atomic E-state index is -2.87. The van der Waals surface area contributed by atoms with Gasteiger partial charge in [0.25, 0.3) is 0 Å². The molecule has 0 rings (SSSR count). The van der Waals surface area contributed by atoms with Gasteiger partial charge in [0.2, 0.25) is 0 Å². The van der Waals surface area contributed by atoms with Gasteiger partial charge in [-0.1, -0.05) is 13.8 Å². The normalized spacial score (nSPS) is 11.5. The molecule has 1 atom stereocenters. The SMILES string of the molecule is CC(C)CC(N)C(=O)O.O=[P+](O)O. The second-order valence-electron chi connectivity index (χ2n) is 2.83. The lowest BCUT2D eigenvalue weighted by atomic mass is 10.1. The van der Waals surface area contributed by atoms with Gasteiger partial charge in [-0.2, -0.15) is 0 Å². The van der Waals surface area contributed by atoms with Gasteiger partial charge in [0.05, 0.1) is 0 Å². The number of hydrogen-bond acceptors (Lipinski definition) is 3. The third-order valence-electron chi connectivity index (χ3n) is 1.04. The summed E-state index contributed by atoms with van der Waals surface area (Å²) in [6.07, 6.45) is 0.551. The summed E-state index contributed by atoms with van der Waals surface area (Å²) in [6.45, 7) is 3.89. The maximum atomic E-state index is 10.1. The van der Waals surface area contributed by atoms with Gasteiger partial charge in [-0.05, 0) is 12.3 Å². The molecule has 0 spiro atoms. The van der Waals surface area contributed by atoms with E-state index in [4.69, 9.17) is 25.2 Å². The van der Waals surface area contributed by atoms with Crippen LogP contribution in [0.4, 0.5) is 0 Å². The molecule has 78 valence electrons. The van der Waals surface area contributed by atoms with Gasteiger partial charge in [0.15, 0.2) is 0 Å². The molecule has 0 radical (unpaired) electrons. The molecule has 0 aromatic heterocycles. The molecule has 1 unspecified atom stereocenters. The average molecular weight is 212 g/mol. The number of rotatable bonds is 3. The van der Waals surface area contributed by atoms with E-state index >= 15 is 0 Å². The lowest BCUT2D eigenvalue weighted by Gasteiger charge is -2.07. The molecule has 7 heteroatoms. The van der Waals surface area contributed by atoms with Gasteiger partial charge < -0.3 is 10.8 Å². The van der Waals surface area contributed by atoms with E-state index in [1.54, 1.807) is 0 Å². The highest BCUT2D eigenvalue weighted by atomic mass is 31.1. The molecule has 0 aliphatic carbocycles. The second kappa shape index (κ2) is 8.07. The van der Waals surface area contributed by atoms with Crippen molar-refractivity contribution in [2.24, 2.45) is 11.7 Å². The van der Waals surface area contributed by atoms with Crippen molar-refractivity contribution in [3.63, 3.8) is 0 Å². The Morgan fingerprint density at radius 1 is 1.46 bits per heavy atom. The molecule has 0 aliphatic rings. The van der Waals surface area contributed by atoms with Crippen LogP contribution in [-0.2, 0) is 9.36 Å². The Balaban J connectivity index is 0. The first-order valence-electron chi connectivity index (χ1n) is 3.60. The van der Waals surface area contributed by atoms with Crippen molar-refractivity contribution >= 4 is 14.2 Å². The van der Waals surface area contributed by atoms with Gasteiger partial charge in [-0.25, -0.2) is 0 Å². The molecule has 6 nitrogen and oxygen atoms in total. The fraction of sp³-hybridized carbons (Fsp3) is 0.833. The molecular weight excluding hydrogens is 197 g/mol. The van der Waals surface area contributed by atoms with E-state index in [0.29, 0.717) is 12.3 Å². The summed E-state index contributed by atoms with van der Waals surface area (Å²) in [7, 11) is -2.87. The van der Waals surface area contributed by atoms with Gasteiger partial charge in [0, 0.05) is 4.57 Å². The third-order valence-corrected chi connectivity index (χ3v) is 1.04. The minimum absolute atomic E-state index is 0.357. The highest BCUT2D eigenvalue weighted by Crippen LogP contribution is 2.01. The van der Waals surface area contributed by atoms with E-state index in [1.165, 1.54) is 0 Å². The Morgan fingerprint density at radius 2 is 1.77 bits per heavy atom. The molecule has 0 aromatic carbocycles. The molecule has 0 amide bonds. The highest BCUT2D eigenvalue weighted by molar-refractivity contribution is 7.30. The molecular formula is C6H15NO5P+. The summed E-state index contributed by atoms with van der Waals surface area (Å²) in [5.41, 5.74) is 5.22. The van der Waals surface area contributed by atoms with Gasteiger partial charge in [-0.3, -0.25) is 4.79 Å². The van der Waals surface area contributed by atoms with Crippen molar-refractivity contribution in [3.05, 3.63) is 0 Å².